The van der Waals surface area contributed by atoms with Gasteiger partial charge in [-0.3, -0.25) is 4.79 Å². The van der Waals surface area contributed by atoms with Crippen LogP contribution in [0.5, 0.6) is 5.75 Å². The molecule has 41 heavy (non-hydrogen) atoms. The van der Waals surface area contributed by atoms with Gasteiger partial charge in [0, 0.05) is 32.1 Å². The highest BCUT2D eigenvalue weighted by Crippen LogP contribution is 2.20. The van der Waals surface area contributed by atoms with Crippen molar-refractivity contribution in [3.05, 3.63) is 65.5 Å². The number of benzene rings is 2. The predicted molar refractivity (Wildman–Crippen MR) is 162 cm³/mol. The monoisotopic (exact) mass is 593 g/mol. The molecular formula is C31H48FN3O5S. The molecule has 8 nitrogen and oxygen atoms in total. The molecule has 0 aromatic heterocycles. The third kappa shape index (κ3) is 13.3. The molecule has 230 valence electrons. The maximum Gasteiger partial charge on any atom is 0.221 e. The Balaban J connectivity index is 2.12. The van der Waals surface area contributed by atoms with Gasteiger partial charge in [0.05, 0.1) is 17.9 Å². The molecule has 2 aromatic carbocycles. The number of nitrogens with zero attached hydrogens (tertiary/aromatic N) is 1. The van der Waals surface area contributed by atoms with Crippen molar-refractivity contribution in [2.24, 2.45) is 5.92 Å². The van der Waals surface area contributed by atoms with Gasteiger partial charge in [-0.1, -0.05) is 58.0 Å². The van der Waals surface area contributed by atoms with Crippen molar-refractivity contribution in [2.75, 3.05) is 31.9 Å². The average molecular weight is 594 g/mol. The number of carbonyl (C=O) groups is 1. The Bertz CT molecular complexity index is 1140. The fourth-order valence-corrected chi connectivity index (χ4v) is 6.02. The maximum atomic E-state index is 14.5. The van der Waals surface area contributed by atoms with Crippen LogP contribution >= 0.6 is 0 Å². The van der Waals surface area contributed by atoms with E-state index >= 15 is 0 Å². The van der Waals surface area contributed by atoms with Crippen LogP contribution in [0.2, 0.25) is 0 Å². The summed E-state index contributed by atoms with van der Waals surface area (Å²) in [5.41, 5.74) is 1.49. The fourth-order valence-electron chi connectivity index (χ4n) is 4.40. The molecule has 3 N–H and O–H groups in total. The van der Waals surface area contributed by atoms with Gasteiger partial charge < -0.3 is 20.5 Å². The maximum absolute atomic E-state index is 14.5. The molecular weight excluding hydrogens is 545 g/mol. The summed E-state index contributed by atoms with van der Waals surface area (Å²) >= 11 is 0. The van der Waals surface area contributed by atoms with Gasteiger partial charge in [-0.2, -0.15) is 0 Å². The van der Waals surface area contributed by atoms with Crippen molar-refractivity contribution >= 4 is 15.9 Å². The summed E-state index contributed by atoms with van der Waals surface area (Å²) in [6.45, 7) is 10.1. The molecule has 0 unspecified atom stereocenters. The molecule has 2 atom stereocenters. The first-order valence-corrected chi connectivity index (χ1v) is 16.3. The normalized spacial score (nSPS) is 13.4. The number of rotatable bonds is 20. The molecule has 1 amide bonds. The van der Waals surface area contributed by atoms with Crippen molar-refractivity contribution in [3.63, 3.8) is 0 Å². The Morgan fingerprint density at radius 2 is 1.73 bits per heavy atom. The quantitative estimate of drug-likeness (QED) is 0.198. The zero-order valence-corrected chi connectivity index (χ0v) is 25.8. The Hall–Kier alpha value is -2.53. The Morgan fingerprint density at radius 3 is 2.37 bits per heavy atom. The van der Waals surface area contributed by atoms with E-state index in [9.17, 15) is 22.7 Å². The van der Waals surface area contributed by atoms with Crippen LogP contribution in [-0.4, -0.2) is 67.8 Å². The molecule has 0 aliphatic rings. The van der Waals surface area contributed by atoms with Crippen LogP contribution in [0.1, 0.15) is 64.5 Å². The van der Waals surface area contributed by atoms with Crippen molar-refractivity contribution in [1.29, 1.82) is 0 Å². The fraction of sp³-hybridized carbons (Fsp3) is 0.581. The average Bonchev–Trinajstić information content (AvgIpc) is 2.93. The summed E-state index contributed by atoms with van der Waals surface area (Å²) in [5, 5.41) is 17.0. The number of aliphatic hydroxyl groups excluding tert-OH is 1. The minimum Gasteiger partial charge on any atom is -0.489 e. The lowest BCUT2D eigenvalue weighted by Crippen LogP contribution is -2.49. The summed E-state index contributed by atoms with van der Waals surface area (Å²) in [5.74, 6) is -0.441. The molecule has 0 fully saturated rings. The SMILES string of the molecule is CCCN(CCC)S(=O)(=O)CCC(=O)N[C@@H](Cc1cc(F)cc(OCc2ccccc2)c1)[C@@H](O)CNCCC(C)C. The first-order chi connectivity index (χ1) is 19.5. The number of amides is 1. The molecule has 0 saturated carbocycles. The summed E-state index contributed by atoms with van der Waals surface area (Å²) in [4.78, 5) is 12.9. The van der Waals surface area contributed by atoms with E-state index in [-0.39, 0.29) is 31.7 Å². The summed E-state index contributed by atoms with van der Waals surface area (Å²) < 4.78 is 47.4. The highest BCUT2D eigenvalue weighted by molar-refractivity contribution is 7.89. The van der Waals surface area contributed by atoms with Crippen LogP contribution < -0.4 is 15.4 Å². The molecule has 10 heteroatoms. The molecule has 0 aliphatic heterocycles. The number of hydrogen-bond acceptors (Lipinski definition) is 6. The van der Waals surface area contributed by atoms with E-state index in [0.717, 1.165) is 12.0 Å². The lowest BCUT2D eigenvalue weighted by molar-refractivity contribution is -0.122. The largest absolute Gasteiger partial charge is 0.489 e. The Labute approximate surface area is 245 Å². The van der Waals surface area contributed by atoms with Crippen LogP contribution in [0.25, 0.3) is 0 Å². The van der Waals surface area contributed by atoms with Crippen molar-refractivity contribution in [2.45, 2.75) is 78.6 Å². The summed E-state index contributed by atoms with van der Waals surface area (Å²) in [7, 11) is -3.59. The van der Waals surface area contributed by atoms with Gasteiger partial charge in [0.15, 0.2) is 0 Å². The van der Waals surface area contributed by atoms with E-state index in [1.54, 1.807) is 6.07 Å². The van der Waals surface area contributed by atoms with Gasteiger partial charge in [-0.05, 0) is 61.4 Å². The molecule has 0 heterocycles. The number of carbonyl (C=O) groups excluding carboxylic acids is 1. The van der Waals surface area contributed by atoms with E-state index in [4.69, 9.17) is 4.74 Å². The van der Waals surface area contributed by atoms with Gasteiger partial charge in [-0.25, -0.2) is 17.1 Å². The molecule has 2 aromatic rings. The Kier molecular flexibility index (Phi) is 15.3. The van der Waals surface area contributed by atoms with E-state index in [2.05, 4.69) is 24.5 Å². The number of aliphatic hydroxyl groups is 1. The number of hydrogen-bond donors (Lipinski definition) is 3. The highest BCUT2D eigenvalue weighted by Gasteiger charge is 2.25. The molecule has 0 saturated heterocycles. The van der Waals surface area contributed by atoms with Crippen LogP contribution in [0.3, 0.4) is 0 Å². The van der Waals surface area contributed by atoms with Crippen LogP contribution in [0.15, 0.2) is 48.5 Å². The minimum absolute atomic E-state index is 0.142. The standard InChI is InChI=1S/C31H48FN3O5S/c1-5-15-35(16-6-2)41(38,39)17-13-31(37)34-29(30(36)22-33-14-12-24(3)4)20-26-18-27(32)21-28(19-26)40-23-25-10-8-7-9-11-25/h7-11,18-19,21,24,29-30,33,36H,5-6,12-17,20,22-23H2,1-4H3,(H,34,37)/t29-,30-/m0/s1. The van der Waals surface area contributed by atoms with Crippen LogP contribution in [0, 0.1) is 11.7 Å². The third-order valence-corrected chi connectivity index (χ3v) is 8.50. The minimum atomic E-state index is -3.59. The summed E-state index contributed by atoms with van der Waals surface area (Å²) in [6.07, 6.45) is 1.24. The van der Waals surface area contributed by atoms with E-state index in [1.165, 1.54) is 16.4 Å². The topological polar surface area (TPSA) is 108 Å². The second kappa shape index (κ2) is 18.1. The van der Waals surface area contributed by atoms with Gasteiger partial charge in [0.2, 0.25) is 15.9 Å². The second-order valence-corrected chi connectivity index (χ2v) is 13.0. The van der Waals surface area contributed by atoms with Gasteiger partial charge in [-0.15, -0.1) is 0 Å². The zero-order chi connectivity index (χ0) is 30.3. The second-order valence-electron chi connectivity index (χ2n) is 10.9. The number of halogens is 1. The van der Waals surface area contributed by atoms with Crippen molar-refractivity contribution < 1.29 is 27.4 Å². The predicted octanol–water partition coefficient (Wildman–Crippen LogP) is 4.27. The van der Waals surface area contributed by atoms with Gasteiger partial charge >= 0.3 is 0 Å². The Morgan fingerprint density at radius 1 is 1.05 bits per heavy atom. The van der Waals surface area contributed by atoms with Crippen LogP contribution in [0.4, 0.5) is 4.39 Å². The summed E-state index contributed by atoms with van der Waals surface area (Å²) in [6, 6.07) is 13.1. The first-order valence-electron chi connectivity index (χ1n) is 14.7. The highest BCUT2D eigenvalue weighted by atomic mass is 32.2. The third-order valence-electron chi connectivity index (χ3n) is 6.62. The van der Waals surface area contributed by atoms with Crippen molar-refractivity contribution in [1.82, 2.24) is 14.9 Å². The van der Waals surface area contributed by atoms with Gasteiger partial charge in [0.25, 0.3) is 0 Å². The lowest BCUT2D eigenvalue weighted by Gasteiger charge is -2.26. The van der Waals surface area contributed by atoms with E-state index in [0.29, 0.717) is 49.7 Å². The zero-order valence-electron chi connectivity index (χ0n) is 24.9. The molecule has 2 rings (SSSR count). The number of sulfonamides is 1. The van der Waals surface area contributed by atoms with E-state index in [1.807, 2.05) is 44.2 Å². The number of ether oxygens (including phenoxy) is 1. The van der Waals surface area contributed by atoms with Crippen LogP contribution in [-0.2, 0) is 27.8 Å². The molecule has 0 radical (unpaired) electrons. The molecule has 0 spiro atoms. The molecule has 0 bridgehead atoms. The molecule has 0 aliphatic carbocycles. The van der Waals surface area contributed by atoms with Gasteiger partial charge in [0.1, 0.15) is 18.2 Å². The first kappa shape index (κ1) is 34.7. The van der Waals surface area contributed by atoms with E-state index < -0.39 is 33.9 Å². The lowest BCUT2D eigenvalue weighted by atomic mass is 10.00. The number of nitrogens with one attached hydrogen (secondary N) is 2. The van der Waals surface area contributed by atoms with Crippen molar-refractivity contribution in [3.8, 4) is 5.75 Å². The smallest absolute Gasteiger partial charge is 0.221 e.